The number of furan rings is 1. The van der Waals surface area contributed by atoms with Gasteiger partial charge in [-0.2, -0.15) is 0 Å². The van der Waals surface area contributed by atoms with Crippen LogP contribution in [0.5, 0.6) is 11.5 Å². The second kappa shape index (κ2) is 9.91. The number of imide groups is 1. The van der Waals surface area contributed by atoms with Gasteiger partial charge in [0.1, 0.15) is 30.3 Å². The van der Waals surface area contributed by atoms with Crippen molar-refractivity contribution < 1.29 is 28.2 Å². The highest BCUT2D eigenvalue weighted by Crippen LogP contribution is 2.37. The Morgan fingerprint density at radius 2 is 1.83 bits per heavy atom. The van der Waals surface area contributed by atoms with Crippen LogP contribution < -0.4 is 14.8 Å². The summed E-state index contributed by atoms with van der Waals surface area (Å²) in [6.45, 7) is 5.31. The van der Waals surface area contributed by atoms with Crippen LogP contribution in [0.25, 0.3) is 0 Å². The summed E-state index contributed by atoms with van der Waals surface area (Å²) in [7, 11) is 1.65. The third kappa shape index (κ3) is 4.62. The predicted molar refractivity (Wildman–Crippen MR) is 127 cm³/mol. The average Bonchev–Trinajstić information content (AvgIpc) is 3.42. The lowest BCUT2D eigenvalue weighted by molar-refractivity contribution is -0.135. The summed E-state index contributed by atoms with van der Waals surface area (Å²) in [5.74, 6) is 2.97. The second-order valence-electron chi connectivity index (χ2n) is 9.52. The van der Waals surface area contributed by atoms with Crippen molar-refractivity contribution >= 4 is 11.9 Å². The zero-order valence-corrected chi connectivity index (χ0v) is 20.3. The first-order chi connectivity index (χ1) is 17.0. The van der Waals surface area contributed by atoms with Gasteiger partial charge in [0, 0.05) is 7.11 Å². The lowest BCUT2D eigenvalue weighted by atomic mass is 9.75. The van der Waals surface area contributed by atoms with Gasteiger partial charge in [-0.25, -0.2) is 4.79 Å². The van der Waals surface area contributed by atoms with E-state index in [1.807, 2.05) is 43.3 Å². The fourth-order valence-electron chi connectivity index (χ4n) is 5.50. The van der Waals surface area contributed by atoms with Gasteiger partial charge < -0.3 is 23.9 Å². The quantitative estimate of drug-likeness (QED) is 0.577. The van der Waals surface area contributed by atoms with E-state index in [1.54, 1.807) is 7.11 Å². The molecule has 35 heavy (non-hydrogen) atoms. The van der Waals surface area contributed by atoms with E-state index >= 15 is 0 Å². The number of methoxy groups -OCH3 is 1. The molecule has 3 aliphatic heterocycles. The van der Waals surface area contributed by atoms with Crippen molar-refractivity contribution in [3.05, 3.63) is 47.9 Å². The number of nitrogens with one attached hydrogen (secondary N) is 1. The van der Waals surface area contributed by atoms with Gasteiger partial charge in [-0.3, -0.25) is 14.6 Å². The van der Waals surface area contributed by atoms with Gasteiger partial charge >= 0.3 is 6.03 Å². The van der Waals surface area contributed by atoms with E-state index in [9.17, 15) is 9.59 Å². The van der Waals surface area contributed by atoms with Crippen molar-refractivity contribution in [3.63, 3.8) is 0 Å². The standard InChI is InChI=1S/C26H33N3O6/c1-3-26(18-10-12-28(13-11-18)14-19-8-9-20(34-19)16-32-2)24(30)29(25(31)27-26)15-21-17-33-22-6-4-5-7-23(22)35-21/h4-9,18,21H,3,10-17H2,1-2H3,(H,27,31)/t21-,26+/m1/s1. The van der Waals surface area contributed by atoms with Crippen molar-refractivity contribution in [3.8, 4) is 11.5 Å². The molecule has 4 heterocycles. The number of carbonyl (C=O) groups is 2. The molecular formula is C26H33N3O6. The van der Waals surface area contributed by atoms with Crippen LogP contribution in [-0.4, -0.2) is 66.7 Å². The molecule has 2 saturated heterocycles. The number of urea groups is 1. The smallest absolute Gasteiger partial charge is 0.325 e. The van der Waals surface area contributed by atoms with E-state index in [2.05, 4.69) is 10.2 Å². The highest BCUT2D eigenvalue weighted by Gasteiger charge is 2.55. The fourth-order valence-corrected chi connectivity index (χ4v) is 5.50. The second-order valence-corrected chi connectivity index (χ2v) is 9.52. The Balaban J connectivity index is 1.20. The molecule has 0 spiro atoms. The van der Waals surface area contributed by atoms with E-state index in [-0.39, 0.29) is 24.4 Å². The highest BCUT2D eigenvalue weighted by atomic mass is 16.6. The highest BCUT2D eigenvalue weighted by molar-refractivity contribution is 6.07. The van der Waals surface area contributed by atoms with Gasteiger partial charge in [0.15, 0.2) is 17.6 Å². The van der Waals surface area contributed by atoms with E-state index in [4.69, 9.17) is 18.6 Å². The molecule has 5 rings (SSSR count). The summed E-state index contributed by atoms with van der Waals surface area (Å²) >= 11 is 0. The summed E-state index contributed by atoms with van der Waals surface area (Å²) in [5.41, 5.74) is -0.868. The van der Waals surface area contributed by atoms with E-state index in [1.165, 1.54) is 4.90 Å². The molecule has 0 bridgehead atoms. The van der Waals surface area contributed by atoms with Crippen LogP contribution in [0.3, 0.4) is 0 Å². The first-order valence-electron chi connectivity index (χ1n) is 12.3. The van der Waals surface area contributed by atoms with Crippen molar-refractivity contribution in [2.75, 3.05) is 33.4 Å². The molecule has 0 unspecified atom stereocenters. The van der Waals surface area contributed by atoms with Crippen molar-refractivity contribution in [2.24, 2.45) is 5.92 Å². The van der Waals surface area contributed by atoms with Gasteiger partial charge in [0.25, 0.3) is 5.91 Å². The van der Waals surface area contributed by atoms with Gasteiger partial charge in [-0.05, 0) is 62.5 Å². The molecule has 0 saturated carbocycles. The topological polar surface area (TPSA) is 93.5 Å². The number of hydrogen-bond acceptors (Lipinski definition) is 7. The number of fused-ring (bicyclic) bond motifs is 1. The molecule has 9 nitrogen and oxygen atoms in total. The minimum Gasteiger partial charge on any atom is -0.486 e. The molecule has 0 radical (unpaired) electrons. The summed E-state index contributed by atoms with van der Waals surface area (Å²) in [4.78, 5) is 30.2. The molecule has 2 aromatic rings. The molecule has 1 N–H and O–H groups in total. The fraction of sp³-hybridized carbons (Fsp3) is 0.538. The van der Waals surface area contributed by atoms with Crippen LogP contribution in [-0.2, 0) is 22.7 Å². The molecule has 2 atom stereocenters. The molecule has 0 aliphatic carbocycles. The number of ether oxygens (including phenoxy) is 3. The zero-order valence-electron chi connectivity index (χ0n) is 20.3. The van der Waals surface area contributed by atoms with E-state index in [0.717, 1.165) is 44.0 Å². The minimum atomic E-state index is -0.868. The molecule has 188 valence electrons. The molecule has 3 amide bonds. The Bertz CT molecular complexity index is 1060. The van der Waals surface area contributed by atoms with Gasteiger partial charge in [0.05, 0.1) is 13.1 Å². The van der Waals surface area contributed by atoms with E-state index < -0.39 is 11.6 Å². The minimum absolute atomic E-state index is 0.0788. The number of nitrogens with zero attached hydrogens (tertiary/aromatic N) is 2. The van der Waals surface area contributed by atoms with Gasteiger partial charge in [-0.15, -0.1) is 0 Å². The van der Waals surface area contributed by atoms with Crippen LogP contribution >= 0.6 is 0 Å². The summed E-state index contributed by atoms with van der Waals surface area (Å²) in [6.07, 6.45) is 1.82. The number of benzene rings is 1. The lowest BCUT2D eigenvalue weighted by Gasteiger charge is -2.40. The SMILES string of the molecule is CC[C@@]1(C2CCN(Cc3ccc(COC)o3)CC2)NC(=O)N(C[C@@H]2COc3ccccc3O2)C1=O. The van der Waals surface area contributed by atoms with Crippen LogP contribution in [0.15, 0.2) is 40.8 Å². The number of hydrogen-bond donors (Lipinski definition) is 1. The van der Waals surface area contributed by atoms with Crippen LogP contribution in [0, 0.1) is 5.92 Å². The number of para-hydroxylation sites is 2. The lowest BCUT2D eigenvalue weighted by Crippen LogP contribution is -2.56. The normalized spacial score (nSPS) is 25.2. The number of carbonyl (C=O) groups excluding carboxylic acids is 2. The molecular weight excluding hydrogens is 450 g/mol. The Kier molecular flexibility index (Phi) is 6.71. The maximum absolute atomic E-state index is 13.6. The maximum Gasteiger partial charge on any atom is 0.325 e. The Hall–Kier alpha value is -3.04. The molecule has 9 heteroatoms. The monoisotopic (exact) mass is 483 g/mol. The van der Waals surface area contributed by atoms with Crippen molar-refractivity contribution in [1.82, 2.24) is 15.1 Å². The van der Waals surface area contributed by atoms with Crippen LogP contribution in [0.1, 0.15) is 37.7 Å². The molecule has 1 aromatic carbocycles. The summed E-state index contributed by atoms with van der Waals surface area (Å²) in [5, 5.41) is 3.07. The van der Waals surface area contributed by atoms with Crippen LogP contribution in [0.2, 0.25) is 0 Å². The van der Waals surface area contributed by atoms with Crippen molar-refractivity contribution in [1.29, 1.82) is 0 Å². The number of rotatable bonds is 8. The summed E-state index contributed by atoms with van der Waals surface area (Å²) in [6, 6.07) is 11.0. The largest absolute Gasteiger partial charge is 0.486 e. The molecule has 3 aliphatic rings. The first kappa shape index (κ1) is 23.7. The van der Waals surface area contributed by atoms with Crippen LogP contribution in [0.4, 0.5) is 4.79 Å². The third-order valence-corrected chi connectivity index (χ3v) is 7.38. The third-order valence-electron chi connectivity index (χ3n) is 7.38. The van der Waals surface area contributed by atoms with E-state index in [0.29, 0.717) is 31.1 Å². The number of likely N-dealkylation sites (tertiary alicyclic amines) is 1. The van der Waals surface area contributed by atoms with Crippen molar-refractivity contribution in [2.45, 2.75) is 51.0 Å². The molecule has 1 aromatic heterocycles. The Morgan fingerprint density at radius 3 is 2.57 bits per heavy atom. The first-order valence-corrected chi connectivity index (χ1v) is 12.3. The summed E-state index contributed by atoms with van der Waals surface area (Å²) < 4.78 is 22.7. The number of piperidine rings is 1. The maximum atomic E-state index is 13.6. The van der Waals surface area contributed by atoms with Gasteiger partial charge in [0.2, 0.25) is 0 Å². The average molecular weight is 484 g/mol. The molecule has 2 fully saturated rings. The van der Waals surface area contributed by atoms with Gasteiger partial charge in [-0.1, -0.05) is 19.1 Å². The Labute approximate surface area is 205 Å². The zero-order chi connectivity index (χ0) is 24.4. The predicted octanol–water partition coefficient (Wildman–Crippen LogP) is 3.18. The Morgan fingerprint density at radius 1 is 1.09 bits per heavy atom. The number of amides is 3.